The van der Waals surface area contributed by atoms with Crippen LogP contribution in [0.25, 0.3) is 0 Å². The molecule has 2 aliphatic rings. The van der Waals surface area contributed by atoms with Crippen molar-refractivity contribution in [1.82, 2.24) is 10.6 Å². The Balaban J connectivity index is 1.62. The highest BCUT2D eigenvalue weighted by Crippen LogP contribution is 2.28. The number of amides is 2. The maximum absolute atomic E-state index is 13.4. The fourth-order valence-corrected chi connectivity index (χ4v) is 2.95. The van der Waals surface area contributed by atoms with E-state index in [1.54, 1.807) is 6.92 Å². The van der Waals surface area contributed by atoms with Gasteiger partial charge >= 0.3 is 0 Å². The molecule has 7 nitrogen and oxygen atoms in total. The predicted molar refractivity (Wildman–Crippen MR) is 87.4 cm³/mol. The van der Waals surface area contributed by atoms with Gasteiger partial charge in [0.2, 0.25) is 11.5 Å². The highest BCUT2D eigenvalue weighted by atomic mass is 19.1. The number of oxime groups is 1. The van der Waals surface area contributed by atoms with Crippen LogP contribution in [0.5, 0.6) is 0 Å². The number of nitrogens with one attached hydrogen (secondary N) is 2. The lowest BCUT2D eigenvalue weighted by molar-refractivity contribution is -0.142. The first-order valence-corrected chi connectivity index (χ1v) is 8.16. The van der Waals surface area contributed by atoms with Crippen molar-refractivity contribution in [2.75, 3.05) is 13.7 Å². The molecule has 0 aliphatic carbocycles. The van der Waals surface area contributed by atoms with E-state index in [4.69, 9.17) is 9.57 Å². The Bertz CT molecular complexity index is 750. The van der Waals surface area contributed by atoms with Gasteiger partial charge in [-0.15, -0.1) is 0 Å². The summed E-state index contributed by atoms with van der Waals surface area (Å²) >= 11 is 0. The molecule has 0 bridgehead atoms. The molecule has 0 aromatic heterocycles. The fraction of sp³-hybridized carbons (Fsp3) is 0.471. The van der Waals surface area contributed by atoms with E-state index in [9.17, 15) is 18.4 Å². The number of ether oxygens (including phenoxy) is 1. The Labute approximate surface area is 148 Å². The van der Waals surface area contributed by atoms with Crippen LogP contribution < -0.4 is 10.6 Å². The summed E-state index contributed by atoms with van der Waals surface area (Å²) in [7, 11) is 1.51. The number of hydrogen-bond donors (Lipinski definition) is 2. The molecule has 0 spiro atoms. The van der Waals surface area contributed by atoms with Crippen LogP contribution in [0.4, 0.5) is 8.78 Å². The normalized spacial score (nSPS) is 27.6. The van der Waals surface area contributed by atoms with Gasteiger partial charge in [-0.2, -0.15) is 0 Å². The summed E-state index contributed by atoms with van der Waals surface area (Å²) in [4.78, 5) is 29.4. The van der Waals surface area contributed by atoms with Crippen molar-refractivity contribution in [3.8, 4) is 0 Å². The number of hydrogen-bond acceptors (Lipinski definition) is 5. The molecule has 0 saturated carbocycles. The van der Waals surface area contributed by atoms with Gasteiger partial charge in [0, 0.05) is 31.5 Å². The molecule has 1 aromatic carbocycles. The third-order valence-electron chi connectivity index (χ3n) is 4.41. The predicted octanol–water partition coefficient (Wildman–Crippen LogP) is 0.868. The van der Waals surface area contributed by atoms with Crippen LogP contribution in [0.2, 0.25) is 0 Å². The first-order chi connectivity index (χ1) is 12.3. The van der Waals surface area contributed by atoms with Crippen LogP contribution in [0.1, 0.15) is 25.3 Å². The van der Waals surface area contributed by atoms with E-state index in [1.807, 2.05) is 0 Å². The maximum Gasteiger partial charge on any atom is 0.267 e. The summed E-state index contributed by atoms with van der Waals surface area (Å²) in [5.41, 5.74) is -0.793. The van der Waals surface area contributed by atoms with Gasteiger partial charge < -0.3 is 20.2 Å². The van der Waals surface area contributed by atoms with Gasteiger partial charge in [-0.1, -0.05) is 5.16 Å². The lowest BCUT2D eigenvalue weighted by Gasteiger charge is -2.22. The Morgan fingerprint density at radius 2 is 1.96 bits per heavy atom. The minimum atomic E-state index is -1.30. The molecule has 26 heavy (non-hydrogen) atoms. The summed E-state index contributed by atoms with van der Waals surface area (Å²) in [6, 6.07) is 2.69. The van der Waals surface area contributed by atoms with E-state index in [1.165, 1.54) is 7.05 Å². The van der Waals surface area contributed by atoms with Gasteiger partial charge in [0.1, 0.15) is 17.7 Å². The van der Waals surface area contributed by atoms with Gasteiger partial charge in [0.05, 0.1) is 18.4 Å². The fourth-order valence-electron chi connectivity index (χ4n) is 2.95. The van der Waals surface area contributed by atoms with Crippen molar-refractivity contribution in [1.29, 1.82) is 0 Å². The van der Waals surface area contributed by atoms with Crippen LogP contribution in [-0.2, 0) is 19.2 Å². The largest absolute Gasteiger partial charge is 0.379 e. The summed E-state index contributed by atoms with van der Waals surface area (Å²) < 4.78 is 32.1. The number of carbonyl (C=O) groups is 2. The van der Waals surface area contributed by atoms with Crippen molar-refractivity contribution in [3.63, 3.8) is 0 Å². The monoisotopic (exact) mass is 367 g/mol. The molecule has 9 heteroatoms. The molecular formula is C17H19F2N3O4. The van der Waals surface area contributed by atoms with Gasteiger partial charge in [-0.25, -0.2) is 8.78 Å². The second-order valence-electron chi connectivity index (χ2n) is 6.54. The molecule has 2 heterocycles. The molecule has 1 saturated heterocycles. The summed E-state index contributed by atoms with van der Waals surface area (Å²) in [5.74, 6) is -2.14. The zero-order valence-corrected chi connectivity index (χ0v) is 14.3. The highest BCUT2D eigenvalue weighted by Gasteiger charge is 2.44. The summed E-state index contributed by atoms with van der Waals surface area (Å²) in [6.07, 6.45) is -0.192. The Kier molecular flexibility index (Phi) is 4.90. The number of benzene rings is 1. The molecule has 1 unspecified atom stereocenters. The average molecular weight is 367 g/mol. The first-order valence-electron chi connectivity index (χ1n) is 8.16. The van der Waals surface area contributed by atoms with Crippen LogP contribution in [-0.4, -0.2) is 48.9 Å². The molecule has 2 aliphatic heterocycles. The van der Waals surface area contributed by atoms with E-state index in [2.05, 4.69) is 15.8 Å². The molecule has 2 amide bonds. The molecule has 140 valence electrons. The Morgan fingerprint density at radius 1 is 1.27 bits per heavy atom. The number of halogens is 2. The quantitative estimate of drug-likeness (QED) is 0.826. The minimum Gasteiger partial charge on any atom is -0.379 e. The zero-order valence-electron chi connectivity index (χ0n) is 14.3. The molecule has 3 atom stereocenters. The number of likely N-dealkylation sites (N-methyl/N-ethyl adjacent to an activating group) is 1. The van der Waals surface area contributed by atoms with Gasteiger partial charge in [-0.05, 0) is 19.1 Å². The molecule has 1 fully saturated rings. The standard InChI is InChI=1S/C17H19F2N3O4/c1-17(16(24)21-12-6-14(25-8-12)15(23)20-2)7-13(22-26-17)9-3-10(18)5-11(19)4-9/h3-5,12,14H,6-8H2,1-2H3,(H,20,23)(H,21,24)/t12-,14-,17?/m0/s1. The first kappa shape index (κ1) is 18.2. The van der Waals surface area contributed by atoms with E-state index in [0.717, 1.165) is 18.2 Å². The summed E-state index contributed by atoms with van der Waals surface area (Å²) in [5, 5.41) is 9.09. The van der Waals surface area contributed by atoms with Crippen molar-refractivity contribution in [3.05, 3.63) is 35.4 Å². The molecule has 3 rings (SSSR count). The zero-order chi connectivity index (χ0) is 18.9. The highest BCUT2D eigenvalue weighted by molar-refractivity contribution is 6.05. The average Bonchev–Trinajstić information content (AvgIpc) is 3.21. The topological polar surface area (TPSA) is 89.0 Å². The van der Waals surface area contributed by atoms with Gasteiger partial charge in [-0.3, -0.25) is 9.59 Å². The number of carbonyl (C=O) groups excluding carboxylic acids is 2. The smallest absolute Gasteiger partial charge is 0.267 e. The molecular weight excluding hydrogens is 348 g/mol. The van der Waals surface area contributed by atoms with Crippen LogP contribution in [0.3, 0.4) is 0 Å². The Morgan fingerprint density at radius 3 is 2.62 bits per heavy atom. The van der Waals surface area contributed by atoms with Crippen LogP contribution in [0, 0.1) is 11.6 Å². The number of rotatable bonds is 4. The SMILES string of the molecule is CNC(=O)[C@@H]1C[C@H](NC(=O)C2(C)CC(c3cc(F)cc(F)c3)=NO2)CO1. The maximum atomic E-state index is 13.4. The van der Waals surface area contributed by atoms with Crippen LogP contribution in [0.15, 0.2) is 23.4 Å². The second-order valence-corrected chi connectivity index (χ2v) is 6.54. The molecule has 0 radical (unpaired) electrons. The Hall–Kier alpha value is -2.55. The molecule has 1 aromatic rings. The van der Waals surface area contributed by atoms with Crippen molar-refractivity contribution in [2.24, 2.45) is 5.16 Å². The van der Waals surface area contributed by atoms with Gasteiger partial charge in [0.25, 0.3) is 5.91 Å². The molecule has 2 N–H and O–H groups in total. The van der Waals surface area contributed by atoms with Crippen molar-refractivity contribution < 1.29 is 27.9 Å². The third-order valence-corrected chi connectivity index (χ3v) is 4.41. The number of nitrogens with zero attached hydrogens (tertiary/aromatic N) is 1. The van der Waals surface area contributed by atoms with E-state index in [0.29, 0.717) is 6.42 Å². The minimum absolute atomic E-state index is 0.0637. The van der Waals surface area contributed by atoms with Crippen LogP contribution >= 0.6 is 0 Å². The van der Waals surface area contributed by atoms with E-state index < -0.39 is 29.2 Å². The van der Waals surface area contributed by atoms with Gasteiger partial charge in [0.15, 0.2) is 0 Å². The van der Waals surface area contributed by atoms with Crippen molar-refractivity contribution >= 4 is 17.5 Å². The summed E-state index contributed by atoms with van der Waals surface area (Å²) in [6.45, 7) is 1.75. The third kappa shape index (κ3) is 3.67. The lowest BCUT2D eigenvalue weighted by Crippen LogP contribution is -2.49. The lowest BCUT2D eigenvalue weighted by atomic mass is 9.94. The van der Waals surface area contributed by atoms with E-state index >= 15 is 0 Å². The van der Waals surface area contributed by atoms with E-state index in [-0.39, 0.29) is 36.3 Å². The van der Waals surface area contributed by atoms with Crippen molar-refractivity contribution in [2.45, 2.75) is 37.5 Å². The second kappa shape index (κ2) is 6.99.